The lowest BCUT2D eigenvalue weighted by Crippen LogP contribution is -2.36. The molecule has 2 aliphatic carbocycles. The zero-order valence-corrected chi connectivity index (χ0v) is 9.82. The summed E-state index contributed by atoms with van der Waals surface area (Å²) in [4.78, 5) is 11.5. The van der Waals surface area contributed by atoms with Gasteiger partial charge < -0.3 is 10.2 Å². The average molecular weight is 226 g/mol. The normalized spacial score (nSPS) is 36.8. The Morgan fingerprint density at radius 2 is 2.06 bits per heavy atom. The van der Waals surface area contributed by atoms with Crippen molar-refractivity contribution in [1.82, 2.24) is 0 Å². The number of aliphatic carboxylic acids is 1. The Balaban J connectivity index is 1.93. The Kier molecular flexibility index (Phi) is 3.53. The molecular formula is C13H22O3. The first kappa shape index (κ1) is 11.9. The van der Waals surface area contributed by atoms with Crippen LogP contribution in [0.2, 0.25) is 0 Å². The number of carbonyl (C=O) groups is 1. The van der Waals surface area contributed by atoms with E-state index in [1.807, 2.05) is 0 Å². The van der Waals surface area contributed by atoms with E-state index in [9.17, 15) is 9.90 Å². The van der Waals surface area contributed by atoms with E-state index in [2.05, 4.69) is 0 Å². The largest absolute Gasteiger partial charge is 0.481 e. The van der Waals surface area contributed by atoms with Gasteiger partial charge in [0.1, 0.15) is 0 Å². The predicted octanol–water partition coefficient (Wildman–Crippen LogP) is 2.43. The van der Waals surface area contributed by atoms with Crippen LogP contribution >= 0.6 is 0 Å². The van der Waals surface area contributed by atoms with E-state index >= 15 is 0 Å². The van der Waals surface area contributed by atoms with Crippen LogP contribution in [-0.4, -0.2) is 22.8 Å². The van der Waals surface area contributed by atoms with Gasteiger partial charge in [0.15, 0.2) is 0 Å². The van der Waals surface area contributed by atoms with E-state index in [0.29, 0.717) is 11.8 Å². The SMILES string of the molecule is O=C(O)C1(CCCCCO)CC2CCC1C2. The molecule has 2 rings (SSSR count). The van der Waals surface area contributed by atoms with Crippen molar-refractivity contribution in [1.29, 1.82) is 0 Å². The highest BCUT2D eigenvalue weighted by Crippen LogP contribution is 2.58. The Morgan fingerprint density at radius 1 is 1.25 bits per heavy atom. The summed E-state index contributed by atoms with van der Waals surface area (Å²) in [6.45, 7) is 0.228. The highest BCUT2D eigenvalue weighted by atomic mass is 16.4. The van der Waals surface area contributed by atoms with Crippen molar-refractivity contribution in [3.8, 4) is 0 Å². The third-order valence-electron chi connectivity index (χ3n) is 4.68. The van der Waals surface area contributed by atoms with Crippen LogP contribution in [0.3, 0.4) is 0 Å². The highest BCUT2D eigenvalue weighted by Gasteiger charge is 2.54. The molecule has 0 heterocycles. The first-order valence-electron chi connectivity index (χ1n) is 6.53. The van der Waals surface area contributed by atoms with Crippen LogP contribution < -0.4 is 0 Å². The van der Waals surface area contributed by atoms with Gasteiger partial charge in [0, 0.05) is 6.61 Å². The summed E-state index contributed by atoms with van der Waals surface area (Å²) in [5.74, 6) is 0.548. The zero-order valence-electron chi connectivity index (χ0n) is 9.82. The van der Waals surface area contributed by atoms with Crippen molar-refractivity contribution < 1.29 is 15.0 Å². The van der Waals surface area contributed by atoms with Crippen LogP contribution in [0.5, 0.6) is 0 Å². The molecule has 0 saturated heterocycles. The third kappa shape index (κ3) is 1.97. The predicted molar refractivity (Wildman–Crippen MR) is 61.1 cm³/mol. The Hall–Kier alpha value is -0.570. The van der Waals surface area contributed by atoms with E-state index < -0.39 is 11.4 Å². The van der Waals surface area contributed by atoms with Gasteiger partial charge in [-0.15, -0.1) is 0 Å². The Morgan fingerprint density at radius 3 is 2.56 bits per heavy atom. The van der Waals surface area contributed by atoms with E-state index in [-0.39, 0.29) is 6.61 Å². The maximum Gasteiger partial charge on any atom is 0.309 e. The summed E-state index contributed by atoms with van der Waals surface area (Å²) < 4.78 is 0. The summed E-state index contributed by atoms with van der Waals surface area (Å²) in [6.07, 6.45) is 7.97. The Labute approximate surface area is 96.9 Å². The van der Waals surface area contributed by atoms with Gasteiger partial charge in [-0.05, 0) is 43.9 Å². The fourth-order valence-electron chi connectivity index (χ4n) is 3.85. The number of aliphatic hydroxyl groups is 1. The van der Waals surface area contributed by atoms with Gasteiger partial charge in [-0.1, -0.05) is 19.3 Å². The minimum absolute atomic E-state index is 0.228. The summed E-state index contributed by atoms with van der Waals surface area (Å²) in [5, 5.41) is 18.2. The van der Waals surface area contributed by atoms with Crippen LogP contribution in [0.25, 0.3) is 0 Å². The van der Waals surface area contributed by atoms with Crippen molar-refractivity contribution in [2.75, 3.05) is 6.61 Å². The zero-order chi connectivity index (χ0) is 11.6. The number of rotatable bonds is 6. The third-order valence-corrected chi connectivity index (χ3v) is 4.68. The number of unbranched alkanes of at least 4 members (excludes halogenated alkanes) is 2. The van der Waals surface area contributed by atoms with Gasteiger partial charge in [0.2, 0.25) is 0 Å². The van der Waals surface area contributed by atoms with Gasteiger partial charge in [0.05, 0.1) is 5.41 Å². The molecule has 2 aliphatic rings. The minimum atomic E-state index is -0.566. The standard InChI is InChI=1S/C13H22O3/c14-7-3-1-2-6-13(12(15)16)9-10-4-5-11(13)8-10/h10-11,14H,1-9H2,(H,15,16). The molecule has 0 aromatic heterocycles. The number of carboxylic acids is 1. The monoisotopic (exact) mass is 226 g/mol. The number of aliphatic hydroxyl groups excluding tert-OH is 1. The molecule has 0 spiro atoms. The fourth-order valence-corrected chi connectivity index (χ4v) is 3.85. The molecule has 0 aromatic carbocycles. The topological polar surface area (TPSA) is 57.5 Å². The molecule has 92 valence electrons. The molecule has 0 radical (unpaired) electrons. The second-order valence-corrected chi connectivity index (χ2v) is 5.58. The lowest BCUT2D eigenvalue weighted by atomic mass is 9.70. The maximum absolute atomic E-state index is 11.5. The Bertz CT molecular complexity index is 264. The molecule has 0 amide bonds. The van der Waals surface area contributed by atoms with Crippen molar-refractivity contribution in [2.45, 2.75) is 51.4 Å². The number of hydrogen-bond acceptors (Lipinski definition) is 2. The van der Waals surface area contributed by atoms with Gasteiger partial charge >= 0.3 is 5.97 Å². The molecule has 3 nitrogen and oxygen atoms in total. The van der Waals surface area contributed by atoms with E-state index in [4.69, 9.17) is 5.11 Å². The van der Waals surface area contributed by atoms with Crippen molar-refractivity contribution in [2.24, 2.45) is 17.3 Å². The maximum atomic E-state index is 11.5. The molecule has 2 saturated carbocycles. The van der Waals surface area contributed by atoms with Crippen LogP contribution in [0.15, 0.2) is 0 Å². The molecule has 3 atom stereocenters. The van der Waals surface area contributed by atoms with Crippen LogP contribution in [0, 0.1) is 17.3 Å². The molecule has 3 heteroatoms. The van der Waals surface area contributed by atoms with Gasteiger partial charge in [0.25, 0.3) is 0 Å². The molecule has 2 fully saturated rings. The van der Waals surface area contributed by atoms with E-state index in [1.54, 1.807) is 0 Å². The summed E-state index contributed by atoms with van der Waals surface area (Å²) in [5.41, 5.74) is -0.404. The fraction of sp³-hybridized carbons (Fsp3) is 0.923. The van der Waals surface area contributed by atoms with Crippen LogP contribution in [0.1, 0.15) is 51.4 Å². The first-order chi connectivity index (χ1) is 7.69. The van der Waals surface area contributed by atoms with Crippen molar-refractivity contribution in [3.05, 3.63) is 0 Å². The lowest BCUT2D eigenvalue weighted by molar-refractivity contribution is -0.153. The van der Waals surface area contributed by atoms with E-state index in [1.165, 1.54) is 6.42 Å². The molecule has 2 N–H and O–H groups in total. The molecule has 16 heavy (non-hydrogen) atoms. The lowest BCUT2D eigenvalue weighted by Gasteiger charge is -2.33. The smallest absolute Gasteiger partial charge is 0.309 e. The summed E-state index contributed by atoms with van der Waals surface area (Å²) in [6, 6.07) is 0. The van der Waals surface area contributed by atoms with Gasteiger partial charge in [-0.2, -0.15) is 0 Å². The number of fused-ring (bicyclic) bond motifs is 2. The second kappa shape index (κ2) is 4.74. The number of carboxylic acid groups (broad SMARTS) is 1. The van der Waals surface area contributed by atoms with Gasteiger partial charge in [-0.3, -0.25) is 4.79 Å². The summed E-state index contributed by atoms with van der Waals surface area (Å²) in [7, 11) is 0. The molecule has 0 aromatic rings. The van der Waals surface area contributed by atoms with E-state index in [0.717, 1.165) is 44.9 Å². The minimum Gasteiger partial charge on any atom is -0.481 e. The highest BCUT2D eigenvalue weighted by molar-refractivity contribution is 5.75. The molecule has 3 unspecified atom stereocenters. The molecule has 0 aliphatic heterocycles. The molecular weight excluding hydrogens is 204 g/mol. The van der Waals surface area contributed by atoms with Crippen molar-refractivity contribution >= 4 is 5.97 Å². The second-order valence-electron chi connectivity index (χ2n) is 5.58. The quantitative estimate of drug-likeness (QED) is 0.684. The summed E-state index contributed by atoms with van der Waals surface area (Å²) >= 11 is 0. The van der Waals surface area contributed by atoms with Crippen LogP contribution in [-0.2, 0) is 4.79 Å². The number of hydrogen-bond donors (Lipinski definition) is 2. The van der Waals surface area contributed by atoms with Crippen molar-refractivity contribution in [3.63, 3.8) is 0 Å². The average Bonchev–Trinajstić information content (AvgIpc) is 2.84. The molecule has 2 bridgehead atoms. The van der Waals surface area contributed by atoms with Gasteiger partial charge in [-0.25, -0.2) is 0 Å². The van der Waals surface area contributed by atoms with Crippen LogP contribution in [0.4, 0.5) is 0 Å². The first-order valence-corrected chi connectivity index (χ1v) is 6.53.